The highest BCUT2D eigenvalue weighted by Crippen LogP contribution is 2.18. The van der Waals surface area contributed by atoms with Crippen LogP contribution in [0.5, 0.6) is 0 Å². The van der Waals surface area contributed by atoms with Gasteiger partial charge in [-0.1, -0.05) is 0 Å². The minimum Gasteiger partial charge on any atom is -0.481 e. The highest BCUT2D eigenvalue weighted by molar-refractivity contribution is 5.72. The molecule has 0 aromatic carbocycles. The molecule has 7 heteroatoms. The summed E-state index contributed by atoms with van der Waals surface area (Å²) in [4.78, 5) is 26.7. The van der Waals surface area contributed by atoms with E-state index in [1.165, 1.54) is 0 Å². The predicted octanol–water partition coefficient (Wildman–Crippen LogP) is 1.94. The SMILES string of the molecule is CCn1cncc1C(CC(=O)O)NC(=O)OC(C)(C)C. The van der Waals surface area contributed by atoms with Crippen molar-refractivity contribution in [1.29, 1.82) is 0 Å². The third kappa shape index (κ3) is 4.91. The summed E-state index contributed by atoms with van der Waals surface area (Å²) in [6, 6.07) is -0.676. The van der Waals surface area contributed by atoms with E-state index in [1.54, 1.807) is 37.9 Å². The fourth-order valence-corrected chi connectivity index (χ4v) is 1.74. The van der Waals surface area contributed by atoms with E-state index in [2.05, 4.69) is 10.3 Å². The normalized spacial score (nSPS) is 12.8. The van der Waals surface area contributed by atoms with Crippen molar-refractivity contribution in [1.82, 2.24) is 14.9 Å². The molecule has 0 radical (unpaired) electrons. The molecule has 1 unspecified atom stereocenters. The lowest BCUT2D eigenvalue weighted by Crippen LogP contribution is -2.36. The highest BCUT2D eigenvalue weighted by Gasteiger charge is 2.24. The molecule has 0 saturated carbocycles. The van der Waals surface area contributed by atoms with Crippen LogP contribution in [-0.4, -0.2) is 32.3 Å². The summed E-state index contributed by atoms with van der Waals surface area (Å²) in [5.74, 6) is -1.00. The Bertz CT molecular complexity index is 476. The molecule has 1 aromatic heterocycles. The van der Waals surface area contributed by atoms with Crippen LogP contribution in [0.2, 0.25) is 0 Å². The Hall–Kier alpha value is -2.05. The number of alkyl carbamates (subject to hydrolysis) is 1. The first kappa shape index (κ1) is 16.0. The summed E-state index contributed by atoms with van der Waals surface area (Å²) in [6.07, 6.45) is 2.27. The van der Waals surface area contributed by atoms with Crippen molar-refractivity contribution in [3.05, 3.63) is 18.2 Å². The molecule has 1 rings (SSSR count). The number of hydrogen-bond donors (Lipinski definition) is 2. The quantitative estimate of drug-likeness (QED) is 0.861. The van der Waals surface area contributed by atoms with Crippen LogP contribution in [0.1, 0.15) is 45.9 Å². The number of nitrogens with zero attached hydrogens (tertiary/aromatic N) is 2. The number of ether oxygens (including phenoxy) is 1. The van der Waals surface area contributed by atoms with E-state index >= 15 is 0 Å². The zero-order valence-electron chi connectivity index (χ0n) is 12.2. The Morgan fingerprint density at radius 2 is 2.15 bits per heavy atom. The molecule has 0 bridgehead atoms. The smallest absolute Gasteiger partial charge is 0.408 e. The average molecular weight is 283 g/mol. The Kier molecular flexibility index (Phi) is 5.12. The number of hydrogen-bond acceptors (Lipinski definition) is 4. The fourth-order valence-electron chi connectivity index (χ4n) is 1.74. The highest BCUT2D eigenvalue weighted by atomic mass is 16.6. The first-order chi connectivity index (χ1) is 9.23. The number of aliphatic carboxylic acids is 1. The molecular weight excluding hydrogens is 262 g/mol. The predicted molar refractivity (Wildman–Crippen MR) is 72.3 cm³/mol. The minimum absolute atomic E-state index is 0.231. The van der Waals surface area contributed by atoms with Gasteiger partial charge in [-0.15, -0.1) is 0 Å². The molecule has 112 valence electrons. The molecule has 1 atom stereocenters. The number of carboxylic acid groups (broad SMARTS) is 1. The maximum absolute atomic E-state index is 11.8. The number of carbonyl (C=O) groups excluding carboxylic acids is 1. The molecule has 0 saturated heterocycles. The van der Waals surface area contributed by atoms with Crippen molar-refractivity contribution in [2.75, 3.05) is 0 Å². The zero-order valence-corrected chi connectivity index (χ0v) is 12.2. The van der Waals surface area contributed by atoms with Crippen LogP contribution >= 0.6 is 0 Å². The second-order valence-electron chi connectivity index (χ2n) is 5.40. The van der Waals surface area contributed by atoms with E-state index in [0.29, 0.717) is 12.2 Å². The van der Waals surface area contributed by atoms with Crippen LogP contribution in [0.3, 0.4) is 0 Å². The van der Waals surface area contributed by atoms with Gasteiger partial charge in [-0.05, 0) is 27.7 Å². The molecule has 1 aromatic rings. The average Bonchev–Trinajstić information content (AvgIpc) is 2.72. The minimum atomic E-state index is -1.00. The topological polar surface area (TPSA) is 93.5 Å². The number of aryl methyl sites for hydroxylation is 1. The molecule has 1 amide bonds. The fraction of sp³-hybridized carbons (Fsp3) is 0.615. The van der Waals surface area contributed by atoms with Crippen molar-refractivity contribution >= 4 is 12.1 Å². The number of imidazole rings is 1. The molecular formula is C13H21N3O4. The van der Waals surface area contributed by atoms with E-state index < -0.39 is 23.7 Å². The van der Waals surface area contributed by atoms with Crippen LogP contribution < -0.4 is 5.32 Å². The molecule has 0 spiro atoms. The van der Waals surface area contributed by atoms with Gasteiger partial charge >= 0.3 is 12.1 Å². The molecule has 0 aliphatic carbocycles. The van der Waals surface area contributed by atoms with Crippen molar-refractivity contribution in [2.45, 2.75) is 52.3 Å². The van der Waals surface area contributed by atoms with Crippen molar-refractivity contribution in [2.24, 2.45) is 0 Å². The molecule has 20 heavy (non-hydrogen) atoms. The van der Waals surface area contributed by atoms with Gasteiger partial charge in [-0.3, -0.25) is 4.79 Å². The summed E-state index contributed by atoms with van der Waals surface area (Å²) < 4.78 is 6.93. The molecule has 7 nitrogen and oxygen atoms in total. The Morgan fingerprint density at radius 1 is 1.50 bits per heavy atom. The Balaban J connectivity index is 2.85. The number of nitrogens with one attached hydrogen (secondary N) is 1. The Morgan fingerprint density at radius 3 is 2.65 bits per heavy atom. The van der Waals surface area contributed by atoms with Gasteiger partial charge in [0.1, 0.15) is 5.60 Å². The van der Waals surface area contributed by atoms with Gasteiger partial charge < -0.3 is 19.7 Å². The molecule has 0 aliphatic rings. The van der Waals surface area contributed by atoms with E-state index in [0.717, 1.165) is 0 Å². The monoisotopic (exact) mass is 283 g/mol. The first-order valence-corrected chi connectivity index (χ1v) is 6.44. The van der Waals surface area contributed by atoms with Crippen LogP contribution in [0, 0.1) is 0 Å². The van der Waals surface area contributed by atoms with Gasteiger partial charge in [0, 0.05) is 6.54 Å². The first-order valence-electron chi connectivity index (χ1n) is 6.44. The van der Waals surface area contributed by atoms with Crippen LogP contribution in [0.15, 0.2) is 12.5 Å². The van der Waals surface area contributed by atoms with Crippen molar-refractivity contribution < 1.29 is 19.4 Å². The van der Waals surface area contributed by atoms with Gasteiger partial charge in [0.05, 0.1) is 30.7 Å². The van der Waals surface area contributed by atoms with Crippen LogP contribution in [0.4, 0.5) is 4.79 Å². The lowest BCUT2D eigenvalue weighted by molar-refractivity contribution is -0.137. The molecule has 0 fully saturated rings. The van der Waals surface area contributed by atoms with Crippen molar-refractivity contribution in [3.63, 3.8) is 0 Å². The lowest BCUT2D eigenvalue weighted by Gasteiger charge is -2.23. The largest absolute Gasteiger partial charge is 0.481 e. The summed E-state index contributed by atoms with van der Waals surface area (Å²) in [5.41, 5.74) is 0.00354. The van der Waals surface area contributed by atoms with Gasteiger partial charge in [-0.25, -0.2) is 9.78 Å². The third-order valence-electron chi connectivity index (χ3n) is 2.51. The second-order valence-corrected chi connectivity index (χ2v) is 5.40. The summed E-state index contributed by atoms with van der Waals surface area (Å²) in [7, 11) is 0. The summed E-state index contributed by atoms with van der Waals surface area (Å²) in [6.45, 7) is 7.79. The van der Waals surface area contributed by atoms with Gasteiger partial charge in [-0.2, -0.15) is 0 Å². The maximum Gasteiger partial charge on any atom is 0.408 e. The lowest BCUT2D eigenvalue weighted by atomic mass is 10.1. The number of carboxylic acids is 1. The zero-order chi connectivity index (χ0) is 15.3. The van der Waals surface area contributed by atoms with Crippen molar-refractivity contribution in [3.8, 4) is 0 Å². The number of carbonyl (C=O) groups is 2. The molecule has 1 heterocycles. The van der Waals surface area contributed by atoms with Gasteiger partial charge in [0.15, 0.2) is 0 Å². The van der Waals surface area contributed by atoms with Gasteiger partial charge in [0.2, 0.25) is 0 Å². The van der Waals surface area contributed by atoms with E-state index in [1.807, 2.05) is 6.92 Å². The molecule has 0 aliphatic heterocycles. The number of aromatic nitrogens is 2. The van der Waals surface area contributed by atoms with E-state index in [-0.39, 0.29) is 6.42 Å². The standard InChI is InChI=1S/C13H21N3O4/c1-5-16-8-14-7-10(16)9(6-11(17)18)15-12(19)20-13(2,3)4/h7-9H,5-6H2,1-4H3,(H,15,19)(H,17,18). The summed E-state index contributed by atoms with van der Waals surface area (Å²) >= 11 is 0. The van der Waals surface area contributed by atoms with Crippen LogP contribution in [0.25, 0.3) is 0 Å². The Labute approximate surface area is 118 Å². The summed E-state index contributed by atoms with van der Waals surface area (Å²) in [5, 5.41) is 11.5. The van der Waals surface area contributed by atoms with E-state index in [9.17, 15) is 9.59 Å². The number of amides is 1. The number of rotatable bonds is 5. The molecule has 2 N–H and O–H groups in total. The van der Waals surface area contributed by atoms with Crippen LogP contribution in [-0.2, 0) is 16.1 Å². The third-order valence-corrected chi connectivity index (χ3v) is 2.51. The van der Waals surface area contributed by atoms with Gasteiger partial charge in [0.25, 0.3) is 0 Å². The van der Waals surface area contributed by atoms with E-state index in [4.69, 9.17) is 9.84 Å². The second kappa shape index (κ2) is 6.40. The maximum atomic E-state index is 11.8.